The van der Waals surface area contributed by atoms with E-state index in [9.17, 15) is 4.79 Å². The zero-order valence-electron chi connectivity index (χ0n) is 15.5. The minimum Gasteiger partial charge on any atom is -0.338 e. The quantitative estimate of drug-likeness (QED) is 0.828. The van der Waals surface area contributed by atoms with Gasteiger partial charge < -0.3 is 10.2 Å². The molecule has 2 aromatic rings. The smallest absolute Gasteiger partial charge is 0.223 e. The van der Waals surface area contributed by atoms with Crippen molar-refractivity contribution in [2.75, 3.05) is 13.6 Å². The van der Waals surface area contributed by atoms with Gasteiger partial charge >= 0.3 is 0 Å². The molecule has 7 heteroatoms. The van der Waals surface area contributed by atoms with Gasteiger partial charge in [0.15, 0.2) is 0 Å². The van der Waals surface area contributed by atoms with Gasteiger partial charge in [0.05, 0.1) is 18.4 Å². The van der Waals surface area contributed by atoms with Crippen LogP contribution in [0.25, 0.3) is 0 Å². The number of nitrogens with zero attached hydrogens (tertiary/aromatic N) is 5. The van der Waals surface area contributed by atoms with E-state index >= 15 is 0 Å². The number of carbonyl (C=O) groups excluding carboxylic acids is 1. The van der Waals surface area contributed by atoms with Gasteiger partial charge in [-0.15, -0.1) is 0 Å². The lowest BCUT2D eigenvalue weighted by molar-refractivity contribution is -0.127. The van der Waals surface area contributed by atoms with E-state index in [4.69, 9.17) is 0 Å². The fraction of sp³-hybridized carbons (Fsp3) is 0.611. The molecule has 0 aromatic carbocycles. The Hall–Kier alpha value is -2.15. The number of aryl methyl sites for hydroxylation is 1. The molecule has 0 aliphatic carbocycles. The molecule has 3 rings (SSSR count). The van der Waals surface area contributed by atoms with Gasteiger partial charge in [-0.25, -0.2) is 0 Å². The van der Waals surface area contributed by atoms with Crippen molar-refractivity contribution in [3.05, 3.63) is 35.9 Å². The van der Waals surface area contributed by atoms with Gasteiger partial charge in [0.1, 0.15) is 0 Å². The van der Waals surface area contributed by atoms with Crippen LogP contribution in [0.1, 0.15) is 37.4 Å². The topological polar surface area (TPSA) is 68.0 Å². The van der Waals surface area contributed by atoms with Gasteiger partial charge in [-0.3, -0.25) is 14.2 Å². The maximum Gasteiger partial charge on any atom is 0.223 e. The molecule has 136 valence electrons. The molecule has 0 bridgehead atoms. The van der Waals surface area contributed by atoms with Crippen molar-refractivity contribution in [1.82, 2.24) is 29.8 Å². The molecule has 0 unspecified atom stereocenters. The number of hydrogen-bond acceptors (Lipinski definition) is 4. The van der Waals surface area contributed by atoms with Gasteiger partial charge in [0.25, 0.3) is 0 Å². The molecule has 3 heterocycles. The summed E-state index contributed by atoms with van der Waals surface area (Å²) in [5, 5.41) is 12.2. The molecular formula is C18H28N6O. The third-order valence-electron chi connectivity index (χ3n) is 4.73. The largest absolute Gasteiger partial charge is 0.338 e. The van der Waals surface area contributed by atoms with Crippen LogP contribution in [0.2, 0.25) is 0 Å². The maximum atomic E-state index is 12.2. The highest BCUT2D eigenvalue weighted by Crippen LogP contribution is 2.36. The van der Waals surface area contributed by atoms with E-state index < -0.39 is 0 Å². The lowest BCUT2D eigenvalue weighted by Gasteiger charge is -2.24. The monoisotopic (exact) mass is 344 g/mol. The van der Waals surface area contributed by atoms with Gasteiger partial charge in [0, 0.05) is 69.6 Å². The van der Waals surface area contributed by atoms with E-state index in [1.54, 1.807) is 4.68 Å². The predicted octanol–water partition coefficient (Wildman–Crippen LogP) is 1.58. The van der Waals surface area contributed by atoms with Crippen molar-refractivity contribution >= 4 is 5.91 Å². The van der Waals surface area contributed by atoms with Crippen molar-refractivity contribution < 1.29 is 4.79 Å². The molecule has 0 spiro atoms. The lowest BCUT2D eigenvalue weighted by Crippen LogP contribution is -2.28. The molecule has 1 saturated heterocycles. The highest BCUT2D eigenvalue weighted by molar-refractivity contribution is 5.79. The van der Waals surface area contributed by atoms with Crippen LogP contribution >= 0.6 is 0 Å². The van der Waals surface area contributed by atoms with Crippen molar-refractivity contribution in [1.29, 1.82) is 0 Å². The molecule has 0 radical (unpaired) electrons. The first-order valence-electron chi connectivity index (χ1n) is 8.90. The molecule has 1 N–H and O–H groups in total. The second-order valence-electron chi connectivity index (χ2n) is 7.46. The maximum absolute atomic E-state index is 12.2. The molecule has 1 aliphatic heterocycles. The molecular weight excluding hydrogens is 316 g/mol. The van der Waals surface area contributed by atoms with E-state index in [1.165, 1.54) is 5.56 Å². The van der Waals surface area contributed by atoms with Gasteiger partial charge in [-0.2, -0.15) is 10.2 Å². The first-order chi connectivity index (χ1) is 11.9. The van der Waals surface area contributed by atoms with Gasteiger partial charge in [-0.1, -0.05) is 13.8 Å². The second-order valence-corrected chi connectivity index (χ2v) is 7.46. The first kappa shape index (κ1) is 17.7. The number of amides is 1. The molecule has 25 heavy (non-hydrogen) atoms. The standard InChI is InChI=1S/C18H28N6O/c1-13(2)10-24-11-14(7-21-24)6-19-8-15-5-17(25)23(4)18(15)16-9-20-22(3)12-16/h7,9,11-13,15,18-19H,5-6,8,10H2,1-4H3/t15-,18+/m0/s1. The fourth-order valence-electron chi connectivity index (χ4n) is 3.60. The summed E-state index contributed by atoms with van der Waals surface area (Å²) in [5.41, 5.74) is 2.28. The van der Waals surface area contributed by atoms with E-state index in [0.717, 1.165) is 25.2 Å². The molecule has 0 saturated carbocycles. The Kier molecular flexibility index (Phi) is 5.22. The summed E-state index contributed by atoms with van der Waals surface area (Å²) >= 11 is 0. The Bertz CT molecular complexity index is 719. The van der Waals surface area contributed by atoms with Crippen molar-refractivity contribution in [3.63, 3.8) is 0 Å². The van der Waals surface area contributed by atoms with E-state index in [-0.39, 0.29) is 17.9 Å². The van der Waals surface area contributed by atoms with E-state index in [2.05, 4.69) is 35.6 Å². The molecule has 1 aliphatic rings. The van der Waals surface area contributed by atoms with Crippen LogP contribution in [-0.4, -0.2) is 44.0 Å². The average molecular weight is 344 g/mol. The molecule has 1 fully saturated rings. The Morgan fingerprint density at radius 1 is 1.24 bits per heavy atom. The summed E-state index contributed by atoms with van der Waals surface area (Å²) in [6.45, 7) is 6.87. The molecule has 2 aromatic heterocycles. The fourth-order valence-corrected chi connectivity index (χ4v) is 3.60. The summed E-state index contributed by atoms with van der Waals surface area (Å²) in [6, 6.07) is 0.0948. The van der Waals surface area contributed by atoms with Crippen LogP contribution in [0.5, 0.6) is 0 Å². The highest BCUT2D eigenvalue weighted by Gasteiger charge is 2.38. The van der Waals surface area contributed by atoms with Crippen molar-refractivity contribution in [3.8, 4) is 0 Å². The predicted molar refractivity (Wildman–Crippen MR) is 95.6 cm³/mol. The minimum atomic E-state index is 0.0948. The number of aromatic nitrogens is 4. The van der Waals surface area contributed by atoms with E-state index in [1.807, 2.05) is 42.3 Å². The first-order valence-corrected chi connectivity index (χ1v) is 8.90. The third-order valence-corrected chi connectivity index (χ3v) is 4.73. The Labute approximate surface area is 149 Å². The Morgan fingerprint density at radius 2 is 2.04 bits per heavy atom. The van der Waals surface area contributed by atoms with E-state index in [0.29, 0.717) is 12.3 Å². The average Bonchev–Trinajstić information content (AvgIpc) is 3.21. The van der Waals surface area contributed by atoms with Crippen molar-refractivity contribution in [2.45, 2.75) is 39.4 Å². The zero-order chi connectivity index (χ0) is 18.0. The van der Waals surface area contributed by atoms with Crippen molar-refractivity contribution in [2.24, 2.45) is 18.9 Å². The number of hydrogen-bond donors (Lipinski definition) is 1. The van der Waals surface area contributed by atoms with Gasteiger partial charge in [-0.05, 0) is 5.92 Å². The Morgan fingerprint density at radius 3 is 2.72 bits per heavy atom. The normalized spacial score (nSPS) is 20.8. The lowest BCUT2D eigenvalue weighted by atomic mass is 9.95. The summed E-state index contributed by atoms with van der Waals surface area (Å²) < 4.78 is 3.78. The summed E-state index contributed by atoms with van der Waals surface area (Å²) in [7, 11) is 3.79. The number of carbonyl (C=O) groups is 1. The molecule has 7 nitrogen and oxygen atoms in total. The van der Waals surface area contributed by atoms with Gasteiger partial charge in [0.2, 0.25) is 5.91 Å². The summed E-state index contributed by atoms with van der Waals surface area (Å²) in [4.78, 5) is 14.0. The zero-order valence-corrected chi connectivity index (χ0v) is 15.5. The third kappa shape index (κ3) is 4.10. The van der Waals surface area contributed by atoms with Crippen LogP contribution in [0.15, 0.2) is 24.8 Å². The Balaban J connectivity index is 1.58. The van der Waals surface area contributed by atoms with Crippen LogP contribution < -0.4 is 5.32 Å². The number of rotatable bonds is 7. The van der Waals surface area contributed by atoms with Crippen LogP contribution in [0.3, 0.4) is 0 Å². The minimum absolute atomic E-state index is 0.0948. The molecule has 2 atom stereocenters. The van der Waals surface area contributed by atoms with Crippen LogP contribution in [-0.2, 0) is 24.9 Å². The van der Waals surface area contributed by atoms with Crippen LogP contribution in [0.4, 0.5) is 0 Å². The number of nitrogens with one attached hydrogen (secondary N) is 1. The summed E-state index contributed by atoms with van der Waals surface area (Å²) in [6.07, 6.45) is 8.46. The number of likely N-dealkylation sites (tertiary alicyclic amines) is 1. The SMILES string of the molecule is CC(C)Cn1cc(CNC[C@@H]2CC(=O)N(C)[C@H]2c2cnn(C)c2)cn1. The summed E-state index contributed by atoms with van der Waals surface area (Å²) in [5.74, 6) is 1.04. The van der Waals surface area contributed by atoms with Crippen LogP contribution in [0, 0.1) is 11.8 Å². The molecule has 1 amide bonds. The highest BCUT2D eigenvalue weighted by atomic mass is 16.2. The second kappa shape index (κ2) is 7.39.